The smallest absolute Gasteiger partial charge is 0.309 e. The van der Waals surface area contributed by atoms with E-state index in [1.807, 2.05) is 6.92 Å². The zero-order valence-corrected chi connectivity index (χ0v) is 8.51. The van der Waals surface area contributed by atoms with Crippen molar-refractivity contribution in [3.8, 4) is 0 Å². The number of carbonyl (C=O) groups excluding carboxylic acids is 1. The SMILES string of the molecule is COC(=O)C(C)CNCC1CCC1. The van der Waals surface area contributed by atoms with Crippen molar-refractivity contribution in [1.29, 1.82) is 0 Å². The molecule has 0 aliphatic heterocycles. The maximum Gasteiger partial charge on any atom is 0.309 e. The van der Waals surface area contributed by atoms with Gasteiger partial charge >= 0.3 is 5.97 Å². The Balaban J connectivity index is 2.00. The molecule has 0 amide bonds. The van der Waals surface area contributed by atoms with Crippen LogP contribution in [0.4, 0.5) is 0 Å². The largest absolute Gasteiger partial charge is 0.469 e. The van der Waals surface area contributed by atoms with Gasteiger partial charge in [-0.2, -0.15) is 0 Å². The molecule has 0 aromatic heterocycles. The van der Waals surface area contributed by atoms with Gasteiger partial charge in [0.2, 0.25) is 0 Å². The summed E-state index contributed by atoms with van der Waals surface area (Å²) in [5, 5.41) is 3.30. The third-order valence-corrected chi connectivity index (χ3v) is 2.71. The molecule has 0 radical (unpaired) electrons. The van der Waals surface area contributed by atoms with E-state index in [0.717, 1.165) is 19.0 Å². The molecule has 1 aliphatic rings. The highest BCUT2D eigenvalue weighted by Gasteiger charge is 2.18. The summed E-state index contributed by atoms with van der Waals surface area (Å²) in [6.45, 7) is 3.68. The summed E-state index contributed by atoms with van der Waals surface area (Å²) in [7, 11) is 1.44. The van der Waals surface area contributed by atoms with E-state index in [0.29, 0.717) is 0 Å². The van der Waals surface area contributed by atoms with E-state index in [-0.39, 0.29) is 11.9 Å². The number of hydrogen-bond acceptors (Lipinski definition) is 3. The molecule has 0 spiro atoms. The monoisotopic (exact) mass is 185 g/mol. The maximum absolute atomic E-state index is 11.0. The summed E-state index contributed by atoms with van der Waals surface area (Å²) < 4.78 is 4.63. The van der Waals surface area contributed by atoms with Crippen LogP contribution in [0.25, 0.3) is 0 Å². The molecule has 0 heterocycles. The molecule has 76 valence electrons. The van der Waals surface area contributed by atoms with Gasteiger partial charge in [0, 0.05) is 6.54 Å². The van der Waals surface area contributed by atoms with Crippen molar-refractivity contribution in [1.82, 2.24) is 5.32 Å². The molecule has 0 bridgehead atoms. The second-order valence-electron chi connectivity index (χ2n) is 3.88. The quantitative estimate of drug-likeness (QED) is 0.654. The zero-order chi connectivity index (χ0) is 9.68. The van der Waals surface area contributed by atoms with Crippen LogP contribution in [0.15, 0.2) is 0 Å². The Bertz CT molecular complexity index is 166. The van der Waals surface area contributed by atoms with Gasteiger partial charge in [0.15, 0.2) is 0 Å². The number of carbonyl (C=O) groups is 1. The van der Waals surface area contributed by atoms with Crippen LogP contribution in [0.2, 0.25) is 0 Å². The van der Waals surface area contributed by atoms with Crippen molar-refractivity contribution in [2.24, 2.45) is 11.8 Å². The molecular weight excluding hydrogens is 166 g/mol. The van der Waals surface area contributed by atoms with Crippen LogP contribution in [0.3, 0.4) is 0 Å². The lowest BCUT2D eigenvalue weighted by Crippen LogP contribution is -2.33. The molecule has 0 saturated heterocycles. The van der Waals surface area contributed by atoms with E-state index in [2.05, 4.69) is 10.1 Å². The van der Waals surface area contributed by atoms with Gasteiger partial charge in [0.25, 0.3) is 0 Å². The van der Waals surface area contributed by atoms with E-state index in [1.165, 1.54) is 26.4 Å². The number of methoxy groups -OCH3 is 1. The fraction of sp³-hybridized carbons (Fsp3) is 0.900. The van der Waals surface area contributed by atoms with Crippen LogP contribution in [0.5, 0.6) is 0 Å². The lowest BCUT2D eigenvalue weighted by Gasteiger charge is -2.25. The standard InChI is InChI=1S/C10H19NO2/c1-8(10(12)13-2)6-11-7-9-4-3-5-9/h8-9,11H,3-7H2,1-2H3. The molecule has 1 unspecified atom stereocenters. The summed E-state index contributed by atoms with van der Waals surface area (Å²) in [5.41, 5.74) is 0. The number of rotatable bonds is 5. The Morgan fingerprint density at radius 2 is 2.31 bits per heavy atom. The number of ether oxygens (including phenoxy) is 1. The second-order valence-corrected chi connectivity index (χ2v) is 3.88. The van der Waals surface area contributed by atoms with E-state index in [1.54, 1.807) is 0 Å². The first-order chi connectivity index (χ1) is 6.24. The minimum absolute atomic E-state index is 0.0231. The van der Waals surface area contributed by atoms with Crippen LogP contribution in [0.1, 0.15) is 26.2 Å². The van der Waals surface area contributed by atoms with Gasteiger partial charge in [0.1, 0.15) is 0 Å². The third kappa shape index (κ3) is 3.35. The van der Waals surface area contributed by atoms with Gasteiger partial charge in [-0.1, -0.05) is 13.3 Å². The van der Waals surface area contributed by atoms with Gasteiger partial charge in [-0.25, -0.2) is 0 Å². The molecular formula is C10H19NO2. The van der Waals surface area contributed by atoms with E-state index >= 15 is 0 Å². The van der Waals surface area contributed by atoms with Crippen LogP contribution in [-0.4, -0.2) is 26.2 Å². The zero-order valence-electron chi connectivity index (χ0n) is 8.51. The molecule has 1 fully saturated rings. The van der Waals surface area contributed by atoms with Crippen LogP contribution in [0, 0.1) is 11.8 Å². The number of esters is 1. The minimum Gasteiger partial charge on any atom is -0.469 e. The third-order valence-electron chi connectivity index (χ3n) is 2.71. The van der Waals surface area contributed by atoms with Crippen molar-refractivity contribution in [3.63, 3.8) is 0 Å². The first-order valence-electron chi connectivity index (χ1n) is 5.02. The molecule has 3 heteroatoms. The predicted octanol–water partition coefficient (Wildman–Crippen LogP) is 1.19. The van der Waals surface area contributed by atoms with Crippen LogP contribution in [-0.2, 0) is 9.53 Å². The maximum atomic E-state index is 11.0. The first-order valence-corrected chi connectivity index (χ1v) is 5.02. The minimum atomic E-state index is -0.124. The van der Waals surface area contributed by atoms with Crippen LogP contribution >= 0.6 is 0 Å². The van der Waals surface area contributed by atoms with Gasteiger partial charge in [0.05, 0.1) is 13.0 Å². The Hall–Kier alpha value is -0.570. The van der Waals surface area contributed by atoms with Crippen molar-refractivity contribution >= 4 is 5.97 Å². The summed E-state index contributed by atoms with van der Waals surface area (Å²) in [4.78, 5) is 11.0. The molecule has 1 N–H and O–H groups in total. The highest BCUT2D eigenvalue weighted by atomic mass is 16.5. The summed E-state index contributed by atoms with van der Waals surface area (Å²) in [6, 6.07) is 0. The first kappa shape index (κ1) is 10.5. The van der Waals surface area contributed by atoms with Crippen molar-refractivity contribution in [2.75, 3.05) is 20.2 Å². The second kappa shape index (κ2) is 5.22. The summed E-state index contributed by atoms with van der Waals surface area (Å²) >= 11 is 0. The van der Waals surface area contributed by atoms with Crippen molar-refractivity contribution in [3.05, 3.63) is 0 Å². The Morgan fingerprint density at radius 1 is 1.62 bits per heavy atom. The lowest BCUT2D eigenvalue weighted by atomic mass is 9.85. The Labute approximate surface area is 79.8 Å². The van der Waals surface area contributed by atoms with E-state index in [4.69, 9.17) is 0 Å². The van der Waals surface area contributed by atoms with Crippen molar-refractivity contribution < 1.29 is 9.53 Å². The topological polar surface area (TPSA) is 38.3 Å². The van der Waals surface area contributed by atoms with Crippen molar-refractivity contribution in [2.45, 2.75) is 26.2 Å². The van der Waals surface area contributed by atoms with Gasteiger partial charge in [-0.3, -0.25) is 4.79 Å². The van der Waals surface area contributed by atoms with E-state index in [9.17, 15) is 4.79 Å². The number of hydrogen-bond donors (Lipinski definition) is 1. The summed E-state index contributed by atoms with van der Waals surface area (Å²) in [5.74, 6) is 0.705. The average molecular weight is 185 g/mol. The fourth-order valence-corrected chi connectivity index (χ4v) is 1.49. The molecule has 3 nitrogen and oxygen atoms in total. The fourth-order valence-electron chi connectivity index (χ4n) is 1.49. The van der Waals surface area contributed by atoms with Crippen LogP contribution < -0.4 is 5.32 Å². The van der Waals surface area contributed by atoms with Gasteiger partial charge in [-0.05, 0) is 25.3 Å². The number of nitrogens with one attached hydrogen (secondary N) is 1. The van der Waals surface area contributed by atoms with E-state index < -0.39 is 0 Å². The average Bonchev–Trinajstić information content (AvgIpc) is 2.07. The summed E-state index contributed by atoms with van der Waals surface area (Å²) in [6.07, 6.45) is 4.07. The molecule has 1 atom stereocenters. The highest BCUT2D eigenvalue weighted by Crippen LogP contribution is 2.25. The lowest BCUT2D eigenvalue weighted by molar-refractivity contribution is -0.144. The van der Waals surface area contributed by atoms with Gasteiger partial charge in [-0.15, -0.1) is 0 Å². The normalized spacial score (nSPS) is 19.2. The molecule has 1 aliphatic carbocycles. The Morgan fingerprint density at radius 3 is 2.77 bits per heavy atom. The molecule has 0 aromatic rings. The molecule has 0 aromatic carbocycles. The predicted molar refractivity (Wildman–Crippen MR) is 51.4 cm³/mol. The molecule has 13 heavy (non-hydrogen) atoms. The van der Waals surface area contributed by atoms with Gasteiger partial charge < -0.3 is 10.1 Å². The highest BCUT2D eigenvalue weighted by molar-refractivity contribution is 5.71. The Kier molecular flexibility index (Phi) is 4.22. The molecule has 1 saturated carbocycles. The molecule has 1 rings (SSSR count).